The average Bonchev–Trinajstić information content (AvgIpc) is 3.33. The normalized spacial score (nSPS) is 31.6. The Bertz CT molecular complexity index is 1290. The second-order valence-corrected chi connectivity index (χ2v) is 20.1. The van der Waals surface area contributed by atoms with Gasteiger partial charge in [-0.2, -0.15) is 0 Å². The Kier molecular flexibility index (Phi) is 8.36. The Morgan fingerprint density at radius 1 is 1.19 bits per heavy atom. The third-order valence-corrected chi connectivity index (χ3v) is 16.0. The van der Waals surface area contributed by atoms with Gasteiger partial charge in [0, 0.05) is 43.8 Å². The third kappa shape index (κ3) is 5.42. The number of hydrogen-bond acceptors (Lipinski definition) is 5. The minimum atomic E-state index is -1.93. The van der Waals surface area contributed by atoms with Gasteiger partial charge in [0.2, 0.25) is 0 Å². The van der Waals surface area contributed by atoms with Gasteiger partial charge in [0.05, 0.1) is 12.7 Å². The minimum absolute atomic E-state index is 0.0623. The zero-order valence-electron chi connectivity index (χ0n) is 27.3. The molecular formula is C36H53NO4Si. The van der Waals surface area contributed by atoms with Crippen LogP contribution in [-0.4, -0.2) is 52.1 Å². The highest BCUT2D eigenvalue weighted by atomic mass is 28.4. The van der Waals surface area contributed by atoms with Crippen molar-refractivity contribution in [2.24, 2.45) is 17.3 Å². The summed E-state index contributed by atoms with van der Waals surface area (Å²) in [7, 11) is 2.15. The Morgan fingerprint density at radius 3 is 2.52 bits per heavy atom. The maximum Gasteiger partial charge on any atom is 0.191 e. The fraction of sp³-hybridized carbons (Fsp3) is 0.639. The molecule has 1 aromatic carbocycles. The Hall–Kier alpha value is -1.99. The van der Waals surface area contributed by atoms with Gasteiger partial charge < -0.3 is 19.2 Å². The van der Waals surface area contributed by atoms with Crippen LogP contribution in [0.4, 0.5) is 5.69 Å². The second-order valence-electron chi connectivity index (χ2n) is 15.3. The van der Waals surface area contributed by atoms with E-state index in [4.69, 9.17) is 9.16 Å². The zero-order valence-corrected chi connectivity index (χ0v) is 28.3. The molecule has 6 heteroatoms. The molecule has 1 heterocycles. The topological polar surface area (TPSA) is 59.0 Å². The molecule has 5 unspecified atom stereocenters. The number of nitrogens with zero attached hydrogens (tertiary/aromatic N) is 1. The zero-order chi connectivity index (χ0) is 30.7. The summed E-state index contributed by atoms with van der Waals surface area (Å²) in [6, 6.07) is 8.56. The van der Waals surface area contributed by atoms with Crippen LogP contribution in [0.3, 0.4) is 0 Å². The molecule has 1 aliphatic heterocycles. The van der Waals surface area contributed by atoms with E-state index in [2.05, 4.69) is 82.6 Å². The van der Waals surface area contributed by atoms with Crippen molar-refractivity contribution in [2.45, 2.75) is 102 Å². The monoisotopic (exact) mass is 591 g/mol. The van der Waals surface area contributed by atoms with Crippen molar-refractivity contribution in [3.8, 4) is 0 Å². The highest BCUT2D eigenvalue weighted by molar-refractivity contribution is 6.74. The molecule has 5 rings (SSSR count). The predicted octanol–water partition coefficient (Wildman–Crippen LogP) is 7.94. The molecule has 0 spiro atoms. The lowest BCUT2D eigenvalue weighted by Crippen LogP contribution is -2.52. The Balaban J connectivity index is 1.48. The van der Waals surface area contributed by atoms with Crippen molar-refractivity contribution in [1.82, 2.24) is 0 Å². The molecule has 4 aliphatic rings. The van der Waals surface area contributed by atoms with Crippen LogP contribution >= 0.6 is 0 Å². The summed E-state index contributed by atoms with van der Waals surface area (Å²) >= 11 is 0. The fourth-order valence-electron chi connectivity index (χ4n) is 7.60. The van der Waals surface area contributed by atoms with Gasteiger partial charge in [-0.1, -0.05) is 52.5 Å². The summed E-state index contributed by atoms with van der Waals surface area (Å²) in [5.41, 5.74) is 4.27. The van der Waals surface area contributed by atoms with E-state index in [0.717, 1.165) is 53.7 Å². The first kappa shape index (κ1) is 31.4. The van der Waals surface area contributed by atoms with Gasteiger partial charge in [0.25, 0.3) is 0 Å². The molecule has 5 atom stereocenters. The molecule has 0 saturated carbocycles. The van der Waals surface area contributed by atoms with Gasteiger partial charge in [-0.25, -0.2) is 0 Å². The van der Waals surface area contributed by atoms with E-state index in [1.807, 2.05) is 14.1 Å². The number of carbonyl (C=O) groups excluding carboxylic acids is 1. The van der Waals surface area contributed by atoms with Crippen LogP contribution in [0.2, 0.25) is 18.1 Å². The van der Waals surface area contributed by atoms with E-state index >= 15 is 0 Å². The van der Waals surface area contributed by atoms with E-state index in [-0.39, 0.29) is 22.8 Å². The lowest BCUT2D eigenvalue weighted by molar-refractivity contribution is -0.128. The summed E-state index contributed by atoms with van der Waals surface area (Å²) in [5, 5.41) is 12.9. The minimum Gasteiger partial charge on any atom is -0.417 e. The van der Waals surface area contributed by atoms with Crippen molar-refractivity contribution >= 4 is 19.8 Å². The van der Waals surface area contributed by atoms with Gasteiger partial charge in [0.15, 0.2) is 14.1 Å². The number of ether oxygens (including phenoxy) is 1. The number of anilines is 1. The summed E-state index contributed by atoms with van der Waals surface area (Å²) in [4.78, 5) is 16.2. The number of carbonyl (C=O) groups is 1. The molecule has 0 radical (unpaired) electrons. The standard InChI is InChI=1S/C36H53NO4Si/c1-24(18-20-41-42(8,9)34(2,3)4)36(39)19-17-25-11-10-12-29(25)32-30(38)21-27-22-31(40-23-35(27,5)33(32)36)26-13-15-28(16-14-26)37(6)7/h12-16,25,27,31,39H,1,10-11,17-23H2,2-9H3. The van der Waals surface area contributed by atoms with Crippen LogP contribution < -0.4 is 4.90 Å². The van der Waals surface area contributed by atoms with Crippen LogP contribution in [0.5, 0.6) is 0 Å². The van der Waals surface area contributed by atoms with Crippen LogP contribution in [0.25, 0.3) is 0 Å². The molecule has 0 bridgehead atoms. The summed E-state index contributed by atoms with van der Waals surface area (Å²) < 4.78 is 13.2. The second kappa shape index (κ2) is 11.2. The molecule has 1 saturated heterocycles. The lowest BCUT2D eigenvalue weighted by Gasteiger charge is -2.53. The Labute approximate surface area is 255 Å². The molecule has 1 fully saturated rings. The molecule has 230 valence electrons. The molecule has 42 heavy (non-hydrogen) atoms. The molecule has 1 N–H and O–H groups in total. The number of hydrogen-bond donors (Lipinski definition) is 1. The number of fused-ring (bicyclic) bond motifs is 4. The maximum atomic E-state index is 14.1. The smallest absolute Gasteiger partial charge is 0.191 e. The van der Waals surface area contributed by atoms with Crippen molar-refractivity contribution in [3.63, 3.8) is 0 Å². The van der Waals surface area contributed by atoms with E-state index in [1.54, 1.807) is 0 Å². The van der Waals surface area contributed by atoms with Gasteiger partial charge >= 0.3 is 0 Å². The van der Waals surface area contributed by atoms with Crippen molar-refractivity contribution in [1.29, 1.82) is 0 Å². The number of Topliss-reactive ketones (excluding diaryl/α,β-unsaturated/α-hetero) is 1. The van der Waals surface area contributed by atoms with Gasteiger partial charge in [-0.3, -0.25) is 4.79 Å². The quantitative estimate of drug-likeness (QED) is 0.258. The molecule has 0 amide bonds. The lowest BCUT2D eigenvalue weighted by atomic mass is 9.55. The number of benzene rings is 1. The maximum absolute atomic E-state index is 14.1. The van der Waals surface area contributed by atoms with Crippen LogP contribution in [0.15, 0.2) is 59.2 Å². The van der Waals surface area contributed by atoms with Gasteiger partial charge in [-0.15, -0.1) is 0 Å². The number of allylic oxidation sites excluding steroid dienone is 3. The van der Waals surface area contributed by atoms with Crippen molar-refractivity contribution in [3.05, 3.63) is 64.8 Å². The SMILES string of the molecule is C=C(CCO[Si](C)(C)C(C)(C)C)C1(O)CCC2CCC=C2C2=C1C1(C)COC(c3ccc(N(C)C)cc3)CC1CC2=O. The molecule has 5 nitrogen and oxygen atoms in total. The predicted molar refractivity (Wildman–Crippen MR) is 174 cm³/mol. The van der Waals surface area contributed by atoms with E-state index in [9.17, 15) is 9.90 Å². The van der Waals surface area contributed by atoms with Crippen LogP contribution in [0.1, 0.15) is 84.3 Å². The number of ketones is 1. The highest BCUT2D eigenvalue weighted by Crippen LogP contribution is 2.60. The fourth-order valence-corrected chi connectivity index (χ4v) is 8.65. The van der Waals surface area contributed by atoms with E-state index < -0.39 is 19.3 Å². The number of aliphatic hydroxyl groups is 1. The summed E-state index contributed by atoms with van der Waals surface area (Å²) in [6.07, 6.45) is 7.59. The van der Waals surface area contributed by atoms with Crippen LogP contribution in [-0.2, 0) is 14.0 Å². The van der Waals surface area contributed by atoms with E-state index in [1.165, 1.54) is 5.57 Å². The Morgan fingerprint density at radius 2 is 1.88 bits per heavy atom. The highest BCUT2D eigenvalue weighted by Gasteiger charge is 2.57. The van der Waals surface area contributed by atoms with E-state index in [0.29, 0.717) is 38.4 Å². The van der Waals surface area contributed by atoms with Gasteiger partial charge in [0.1, 0.15) is 5.60 Å². The molecular weight excluding hydrogens is 538 g/mol. The first-order chi connectivity index (χ1) is 19.6. The molecule has 0 aromatic heterocycles. The first-order valence-corrected chi connectivity index (χ1v) is 18.9. The summed E-state index contributed by atoms with van der Waals surface area (Å²) in [5.74, 6) is 0.620. The van der Waals surface area contributed by atoms with Crippen molar-refractivity contribution < 1.29 is 19.1 Å². The van der Waals surface area contributed by atoms with Crippen molar-refractivity contribution in [2.75, 3.05) is 32.2 Å². The molecule has 3 aliphatic carbocycles. The molecule has 1 aromatic rings. The first-order valence-electron chi connectivity index (χ1n) is 16.0. The largest absolute Gasteiger partial charge is 0.417 e. The average molecular weight is 592 g/mol. The summed E-state index contributed by atoms with van der Waals surface area (Å²) in [6.45, 7) is 19.1. The van der Waals surface area contributed by atoms with Crippen LogP contribution in [0, 0.1) is 17.3 Å². The third-order valence-electron chi connectivity index (χ3n) is 11.4. The number of rotatable bonds is 7. The van der Waals surface area contributed by atoms with Gasteiger partial charge in [-0.05, 0) is 103 Å².